The van der Waals surface area contributed by atoms with Crippen molar-refractivity contribution in [3.8, 4) is 11.5 Å². The first-order chi connectivity index (χ1) is 26.0. The Kier molecular flexibility index (Phi) is 14.4. The Bertz CT molecular complexity index is 1940. The summed E-state index contributed by atoms with van der Waals surface area (Å²) in [5.41, 5.74) is 7.12. The number of carbonyl (C=O) groups excluding carboxylic acids is 1. The molecule has 0 saturated carbocycles. The van der Waals surface area contributed by atoms with Crippen molar-refractivity contribution in [3.63, 3.8) is 0 Å². The van der Waals surface area contributed by atoms with Crippen LogP contribution in [0, 0.1) is 0 Å². The van der Waals surface area contributed by atoms with Crippen molar-refractivity contribution >= 4 is 18.4 Å². The summed E-state index contributed by atoms with van der Waals surface area (Å²) in [5.74, 6) is 0.218. The second-order valence-electron chi connectivity index (χ2n) is 12.1. The predicted octanol–water partition coefficient (Wildman–Crippen LogP) is 8.95. The van der Waals surface area contributed by atoms with Gasteiger partial charge in [0.05, 0.1) is 58.4 Å². The minimum absolute atomic E-state index is 0.120. The van der Waals surface area contributed by atoms with Crippen molar-refractivity contribution in [1.29, 1.82) is 0 Å². The van der Waals surface area contributed by atoms with Crippen LogP contribution < -0.4 is 4.74 Å². The average Bonchev–Trinajstić information content (AvgIpc) is 3.21. The zero-order valence-electron chi connectivity index (χ0n) is 30.0. The number of esters is 1. The van der Waals surface area contributed by atoms with E-state index in [2.05, 4.69) is 58.7 Å². The van der Waals surface area contributed by atoms with Gasteiger partial charge in [0, 0.05) is 0 Å². The molecule has 8 nitrogen and oxygen atoms in total. The van der Waals surface area contributed by atoms with Crippen LogP contribution in [0.3, 0.4) is 0 Å². The summed E-state index contributed by atoms with van der Waals surface area (Å²) in [5, 5.41) is 23.1. The lowest BCUT2D eigenvalue weighted by Gasteiger charge is -2.19. The fourth-order valence-electron chi connectivity index (χ4n) is 5.35. The van der Waals surface area contributed by atoms with E-state index in [1.807, 2.05) is 107 Å². The van der Waals surface area contributed by atoms with Crippen LogP contribution >= 0.6 is 0 Å². The minimum Gasteiger partial charge on any atom is -0.504 e. The monoisotopic (exact) mass is 704 g/mol. The number of hydrogen-bond donors (Lipinski definition) is 1. The zero-order chi connectivity index (χ0) is 37.1. The van der Waals surface area contributed by atoms with Gasteiger partial charge in [-0.25, -0.2) is 4.79 Å². The largest absolute Gasteiger partial charge is 0.504 e. The van der Waals surface area contributed by atoms with Gasteiger partial charge in [-0.2, -0.15) is 10.2 Å². The molecule has 0 aliphatic carbocycles. The van der Waals surface area contributed by atoms with Crippen molar-refractivity contribution in [3.05, 3.63) is 203 Å². The number of benzene rings is 6. The summed E-state index contributed by atoms with van der Waals surface area (Å²) < 4.78 is 9.88. The molecule has 0 bridgehead atoms. The van der Waals surface area contributed by atoms with E-state index in [9.17, 15) is 9.90 Å². The molecule has 1 N–H and O–H groups in total. The molecule has 0 unspecified atom stereocenters. The number of nitrogens with zero attached hydrogens (tertiary/aromatic N) is 4. The summed E-state index contributed by atoms with van der Waals surface area (Å²) >= 11 is 0. The third kappa shape index (κ3) is 12.6. The highest BCUT2D eigenvalue weighted by Crippen LogP contribution is 2.25. The number of phenols is 1. The summed E-state index contributed by atoms with van der Waals surface area (Å²) in [6.07, 6.45) is 3.60. The van der Waals surface area contributed by atoms with E-state index in [-0.39, 0.29) is 11.7 Å². The van der Waals surface area contributed by atoms with Gasteiger partial charge in [-0.1, -0.05) is 133 Å². The molecule has 0 heterocycles. The normalized spacial score (nSPS) is 10.8. The molecule has 0 aliphatic heterocycles. The second kappa shape index (κ2) is 20.2. The van der Waals surface area contributed by atoms with Crippen LogP contribution in [0.15, 0.2) is 174 Å². The van der Waals surface area contributed by atoms with Crippen molar-refractivity contribution in [2.75, 3.05) is 14.2 Å². The summed E-state index contributed by atoms with van der Waals surface area (Å²) in [6.45, 7) is 2.85. The van der Waals surface area contributed by atoms with E-state index < -0.39 is 0 Å². The van der Waals surface area contributed by atoms with Gasteiger partial charge in [-0.05, 0) is 63.7 Å². The van der Waals surface area contributed by atoms with Crippen LogP contribution in [0.1, 0.15) is 43.7 Å². The number of aromatic hydroxyl groups is 1. The molecule has 0 saturated heterocycles. The Hall–Kier alpha value is -6.67. The molecule has 0 radical (unpaired) electrons. The van der Waals surface area contributed by atoms with E-state index >= 15 is 0 Å². The molecular weight excluding hydrogens is 661 g/mol. The Morgan fingerprint density at radius 3 is 1.30 bits per heavy atom. The third-order valence-electron chi connectivity index (χ3n) is 8.11. The van der Waals surface area contributed by atoms with Crippen molar-refractivity contribution in [2.45, 2.75) is 26.2 Å². The molecule has 53 heavy (non-hydrogen) atoms. The first-order valence-electron chi connectivity index (χ1n) is 17.3. The molecule has 0 aromatic heterocycles. The van der Waals surface area contributed by atoms with Crippen molar-refractivity contribution < 1.29 is 19.4 Å². The SMILES string of the molecule is COC(=O)c1ccc(C=NN(Cc2ccccc2)Cc2ccccc2)cc1.COc1cc(C=NN(Cc2ccccc2)Cc2ccccc2)ccc1O. The summed E-state index contributed by atoms with van der Waals surface area (Å²) in [6, 6.07) is 53.5. The molecule has 6 aromatic carbocycles. The highest BCUT2D eigenvalue weighted by atomic mass is 16.5. The van der Waals surface area contributed by atoms with E-state index in [4.69, 9.17) is 9.47 Å². The van der Waals surface area contributed by atoms with Crippen molar-refractivity contribution in [2.24, 2.45) is 10.2 Å². The maximum Gasteiger partial charge on any atom is 0.337 e. The van der Waals surface area contributed by atoms with Gasteiger partial charge in [0.2, 0.25) is 0 Å². The molecule has 6 aromatic rings. The number of carbonyl (C=O) groups is 1. The standard InChI is InChI=1S/C23H22N2O2.C22H22N2O2/c1-27-23(26)22-14-12-19(13-15-22)16-24-25(17-20-8-4-2-5-9-20)18-21-10-6-3-7-11-21;1-26-22-14-20(12-13-21(22)25)15-23-24(16-18-8-4-2-5-9-18)17-19-10-6-3-7-11-19/h2-16H,17-18H2,1H3;2-15,25H,16-17H2,1H3. The van der Waals surface area contributed by atoms with Gasteiger partial charge in [0.1, 0.15) is 0 Å². The van der Waals surface area contributed by atoms with E-state index in [1.54, 1.807) is 30.5 Å². The molecule has 0 spiro atoms. The molecule has 0 atom stereocenters. The molecular formula is C45H44N4O4. The molecule has 6 rings (SSSR count). The summed E-state index contributed by atoms with van der Waals surface area (Å²) in [4.78, 5) is 11.5. The number of methoxy groups -OCH3 is 2. The Balaban J connectivity index is 0.000000204. The van der Waals surface area contributed by atoms with Gasteiger partial charge in [0.15, 0.2) is 11.5 Å². The van der Waals surface area contributed by atoms with Crippen LogP contribution in [0.5, 0.6) is 11.5 Å². The van der Waals surface area contributed by atoms with E-state index in [1.165, 1.54) is 36.5 Å². The Morgan fingerprint density at radius 1 is 0.547 bits per heavy atom. The molecule has 0 amide bonds. The van der Waals surface area contributed by atoms with Crippen LogP contribution in [0.4, 0.5) is 0 Å². The highest BCUT2D eigenvalue weighted by Gasteiger charge is 2.07. The summed E-state index contributed by atoms with van der Waals surface area (Å²) in [7, 11) is 2.91. The molecule has 8 heteroatoms. The topological polar surface area (TPSA) is 87.0 Å². The number of hydrogen-bond acceptors (Lipinski definition) is 8. The second-order valence-corrected chi connectivity index (χ2v) is 12.1. The van der Waals surface area contributed by atoms with Crippen LogP contribution in [0.25, 0.3) is 0 Å². The maximum atomic E-state index is 11.5. The number of ether oxygens (including phenoxy) is 2. The van der Waals surface area contributed by atoms with Gasteiger partial charge < -0.3 is 14.6 Å². The lowest BCUT2D eigenvalue weighted by Crippen LogP contribution is -2.17. The fraction of sp³-hybridized carbons (Fsp3) is 0.133. The number of hydrazone groups is 2. The van der Waals surface area contributed by atoms with Gasteiger partial charge in [0.25, 0.3) is 0 Å². The maximum absolute atomic E-state index is 11.5. The minimum atomic E-state index is -0.340. The van der Waals surface area contributed by atoms with Gasteiger partial charge in [-0.15, -0.1) is 0 Å². The van der Waals surface area contributed by atoms with Crippen molar-refractivity contribution in [1.82, 2.24) is 10.0 Å². The smallest absolute Gasteiger partial charge is 0.337 e. The lowest BCUT2D eigenvalue weighted by atomic mass is 10.1. The van der Waals surface area contributed by atoms with Crippen LogP contribution in [-0.2, 0) is 30.9 Å². The number of phenolic OH excluding ortho intramolecular Hbond substituents is 1. The Labute approximate surface area is 311 Å². The molecule has 268 valence electrons. The van der Waals surface area contributed by atoms with E-state index in [0.29, 0.717) is 37.5 Å². The van der Waals surface area contributed by atoms with Crippen LogP contribution in [0.2, 0.25) is 0 Å². The third-order valence-corrected chi connectivity index (χ3v) is 8.11. The van der Waals surface area contributed by atoms with E-state index in [0.717, 1.165) is 11.1 Å². The molecule has 0 fully saturated rings. The Morgan fingerprint density at radius 2 is 0.925 bits per heavy atom. The first-order valence-corrected chi connectivity index (χ1v) is 17.3. The molecule has 0 aliphatic rings. The lowest BCUT2D eigenvalue weighted by molar-refractivity contribution is 0.0600. The van der Waals surface area contributed by atoms with Gasteiger partial charge >= 0.3 is 5.97 Å². The quantitative estimate of drug-likeness (QED) is 0.0693. The average molecular weight is 705 g/mol. The highest BCUT2D eigenvalue weighted by molar-refractivity contribution is 5.90. The number of rotatable bonds is 14. The van der Waals surface area contributed by atoms with Crippen LogP contribution in [-0.4, -0.2) is 47.7 Å². The van der Waals surface area contributed by atoms with Gasteiger partial charge in [-0.3, -0.25) is 10.0 Å². The zero-order valence-corrected chi connectivity index (χ0v) is 30.0. The predicted molar refractivity (Wildman–Crippen MR) is 212 cm³/mol. The first kappa shape index (κ1) is 37.6. The fourth-order valence-corrected chi connectivity index (χ4v) is 5.35.